The summed E-state index contributed by atoms with van der Waals surface area (Å²) in [6.07, 6.45) is 5.39. The molecule has 1 saturated carbocycles. The number of fused-ring (bicyclic) bond motifs is 1. The summed E-state index contributed by atoms with van der Waals surface area (Å²) in [6, 6.07) is 8.64. The van der Waals surface area contributed by atoms with E-state index in [0.29, 0.717) is 5.92 Å². The first-order valence-corrected chi connectivity index (χ1v) is 8.66. The van der Waals surface area contributed by atoms with Gasteiger partial charge in [0.15, 0.2) is 0 Å². The summed E-state index contributed by atoms with van der Waals surface area (Å²) in [5, 5.41) is 3.65. The number of para-hydroxylation sites is 1. The van der Waals surface area contributed by atoms with E-state index in [9.17, 15) is 0 Å². The first-order chi connectivity index (χ1) is 10.2. The van der Waals surface area contributed by atoms with Crippen molar-refractivity contribution in [2.24, 2.45) is 17.8 Å². The highest BCUT2D eigenvalue weighted by molar-refractivity contribution is 5.37. The third-order valence-corrected chi connectivity index (χ3v) is 5.20. The lowest BCUT2D eigenvalue weighted by Crippen LogP contribution is -2.37. The van der Waals surface area contributed by atoms with E-state index in [1.807, 2.05) is 0 Å². The van der Waals surface area contributed by atoms with Gasteiger partial charge in [-0.1, -0.05) is 32.0 Å². The summed E-state index contributed by atoms with van der Waals surface area (Å²) in [5.74, 6) is 4.42. The maximum atomic E-state index is 5.79. The molecule has 1 N–H and O–H groups in total. The number of benzene rings is 1. The van der Waals surface area contributed by atoms with Crippen LogP contribution < -0.4 is 10.1 Å². The van der Waals surface area contributed by atoms with Crippen molar-refractivity contribution in [3.63, 3.8) is 0 Å². The predicted molar refractivity (Wildman–Crippen MR) is 87.8 cm³/mol. The monoisotopic (exact) mass is 287 g/mol. The molecule has 0 amide bonds. The maximum absolute atomic E-state index is 5.79. The van der Waals surface area contributed by atoms with Crippen molar-refractivity contribution in [2.75, 3.05) is 19.7 Å². The standard InChI is InChI=1S/C19H29NO/c1-14(2)12-20-13-17-8-7-15(17)11-16-9-10-21-19-6-4-3-5-18(16)19/h3-6,14-17,20H,7-13H2,1-2H3. The molecule has 1 aliphatic heterocycles. The van der Waals surface area contributed by atoms with Gasteiger partial charge in [0.05, 0.1) is 6.61 Å². The molecular weight excluding hydrogens is 258 g/mol. The van der Waals surface area contributed by atoms with Gasteiger partial charge in [0, 0.05) is 0 Å². The van der Waals surface area contributed by atoms with Crippen molar-refractivity contribution in [1.82, 2.24) is 5.32 Å². The molecule has 1 heterocycles. The van der Waals surface area contributed by atoms with E-state index in [2.05, 4.69) is 43.4 Å². The molecule has 0 bridgehead atoms. The molecule has 1 aromatic carbocycles. The Bertz CT molecular complexity index is 457. The van der Waals surface area contributed by atoms with Gasteiger partial charge in [-0.25, -0.2) is 0 Å². The molecular formula is C19H29NO. The topological polar surface area (TPSA) is 21.3 Å². The highest BCUT2D eigenvalue weighted by Crippen LogP contribution is 2.44. The molecule has 2 heteroatoms. The summed E-state index contributed by atoms with van der Waals surface area (Å²) >= 11 is 0. The smallest absolute Gasteiger partial charge is 0.122 e. The van der Waals surface area contributed by atoms with Crippen LogP contribution in [-0.2, 0) is 0 Å². The Hall–Kier alpha value is -1.02. The summed E-state index contributed by atoms with van der Waals surface area (Å²) in [7, 11) is 0. The van der Waals surface area contributed by atoms with Gasteiger partial charge in [0.1, 0.15) is 5.75 Å². The Balaban J connectivity index is 1.53. The molecule has 3 rings (SSSR count). The van der Waals surface area contributed by atoms with E-state index in [1.54, 1.807) is 0 Å². The fraction of sp³-hybridized carbons (Fsp3) is 0.684. The number of ether oxygens (including phenoxy) is 1. The highest BCUT2D eigenvalue weighted by atomic mass is 16.5. The Labute approximate surface area is 129 Å². The number of hydrogen-bond donors (Lipinski definition) is 1. The molecule has 2 aliphatic rings. The van der Waals surface area contributed by atoms with Crippen LogP contribution in [0.4, 0.5) is 0 Å². The van der Waals surface area contributed by atoms with Gasteiger partial charge in [-0.2, -0.15) is 0 Å². The molecule has 0 aromatic heterocycles. The minimum absolute atomic E-state index is 0.716. The summed E-state index contributed by atoms with van der Waals surface area (Å²) in [5.41, 5.74) is 1.45. The predicted octanol–water partition coefficient (Wildman–Crippen LogP) is 4.21. The molecule has 116 valence electrons. The molecule has 2 nitrogen and oxygen atoms in total. The molecule has 3 unspecified atom stereocenters. The first kappa shape index (κ1) is 14.9. The molecule has 1 fully saturated rings. The van der Waals surface area contributed by atoms with E-state index in [1.165, 1.54) is 37.8 Å². The highest BCUT2D eigenvalue weighted by Gasteiger charge is 2.34. The molecule has 3 atom stereocenters. The van der Waals surface area contributed by atoms with E-state index in [-0.39, 0.29) is 0 Å². The van der Waals surface area contributed by atoms with Crippen LogP contribution in [0, 0.1) is 17.8 Å². The lowest BCUT2D eigenvalue weighted by molar-refractivity contribution is 0.138. The van der Waals surface area contributed by atoms with Crippen LogP contribution in [0.25, 0.3) is 0 Å². The fourth-order valence-corrected chi connectivity index (χ4v) is 3.80. The Morgan fingerprint density at radius 1 is 1.14 bits per heavy atom. The number of hydrogen-bond acceptors (Lipinski definition) is 2. The third-order valence-electron chi connectivity index (χ3n) is 5.20. The molecule has 21 heavy (non-hydrogen) atoms. The minimum atomic E-state index is 0.716. The van der Waals surface area contributed by atoms with Crippen molar-refractivity contribution in [2.45, 2.75) is 45.4 Å². The van der Waals surface area contributed by atoms with Crippen LogP contribution in [0.3, 0.4) is 0 Å². The average Bonchev–Trinajstić information content (AvgIpc) is 2.48. The van der Waals surface area contributed by atoms with Crippen LogP contribution in [0.15, 0.2) is 24.3 Å². The Morgan fingerprint density at radius 2 is 1.95 bits per heavy atom. The second-order valence-electron chi connectivity index (χ2n) is 7.26. The molecule has 0 saturated heterocycles. The third kappa shape index (κ3) is 3.60. The first-order valence-electron chi connectivity index (χ1n) is 8.66. The Morgan fingerprint density at radius 3 is 2.71 bits per heavy atom. The lowest BCUT2D eigenvalue weighted by atomic mass is 9.68. The van der Waals surface area contributed by atoms with E-state index in [0.717, 1.165) is 36.7 Å². The summed E-state index contributed by atoms with van der Waals surface area (Å²) in [4.78, 5) is 0. The van der Waals surface area contributed by atoms with Crippen LogP contribution in [-0.4, -0.2) is 19.7 Å². The minimum Gasteiger partial charge on any atom is -0.493 e. The maximum Gasteiger partial charge on any atom is 0.122 e. The van der Waals surface area contributed by atoms with Crippen molar-refractivity contribution in [1.29, 1.82) is 0 Å². The van der Waals surface area contributed by atoms with Gasteiger partial charge in [-0.05, 0) is 74.1 Å². The van der Waals surface area contributed by atoms with Gasteiger partial charge in [0.2, 0.25) is 0 Å². The quantitative estimate of drug-likeness (QED) is 0.846. The fourth-order valence-electron chi connectivity index (χ4n) is 3.80. The van der Waals surface area contributed by atoms with Crippen LogP contribution in [0.2, 0.25) is 0 Å². The van der Waals surface area contributed by atoms with E-state index in [4.69, 9.17) is 4.74 Å². The number of rotatable bonds is 6. The zero-order valence-corrected chi connectivity index (χ0v) is 13.5. The molecule has 1 aliphatic carbocycles. The summed E-state index contributed by atoms with van der Waals surface area (Å²) in [6.45, 7) is 7.83. The van der Waals surface area contributed by atoms with Gasteiger partial charge in [-0.3, -0.25) is 0 Å². The molecule has 0 radical (unpaired) electrons. The van der Waals surface area contributed by atoms with Crippen molar-refractivity contribution in [3.05, 3.63) is 29.8 Å². The zero-order chi connectivity index (χ0) is 14.7. The van der Waals surface area contributed by atoms with Crippen LogP contribution >= 0.6 is 0 Å². The second kappa shape index (κ2) is 6.83. The largest absolute Gasteiger partial charge is 0.493 e. The van der Waals surface area contributed by atoms with Crippen LogP contribution in [0.5, 0.6) is 5.75 Å². The molecule has 0 spiro atoms. The van der Waals surface area contributed by atoms with Crippen LogP contribution in [0.1, 0.15) is 51.0 Å². The lowest BCUT2D eigenvalue weighted by Gasteiger charge is -2.40. The zero-order valence-electron chi connectivity index (χ0n) is 13.5. The normalized spacial score (nSPS) is 27.9. The SMILES string of the molecule is CC(C)CNCC1CCC1CC1CCOc2ccccc21. The van der Waals surface area contributed by atoms with Crippen molar-refractivity contribution < 1.29 is 4.74 Å². The van der Waals surface area contributed by atoms with Crippen molar-refractivity contribution >= 4 is 0 Å². The van der Waals surface area contributed by atoms with Gasteiger partial charge < -0.3 is 10.1 Å². The average molecular weight is 287 g/mol. The van der Waals surface area contributed by atoms with Gasteiger partial charge >= 0.3 is 0 Å². The second-order valence-corrected chi connectivity index (χ2v) is 7.26. The summed E-state index contributed by atoms with van der Waals surface area (Å²) < 4.78 is 5.79. The van der Waals surface area contributed by atoms with Gasteiger partial charge in [-0.15, -0.1) is 0 Å². The Kier molecular flexibility index (Phi) is 4.84. The molecule has 1 aromatic rings. The number of nitrogens with one attached hydrogen (secondary N) is 1. The van der Waals surface area contributed by atoms with Crippen molar-refractivity contribution in [3.8, 4) is 5.75 Å². The van der Waals surface area contributed by atoms with E-state index < -0.39 is 0 Å². The van der Waals surface area contributed by atoms with Gasteiger partial charge in [0.25, 0.3) is 0 Å². The van der Waals surface area contributed by atoms with E-state index >= 15 is 0 Å².